The molecule has 0 aromatic heterocycles. The van der Waals surface area contributed by atoms with Crippen LogP contribution in [-0.2, 0) is 6.18 Å². The van der Waals surface area contributed by atoms with E-state index in [0.29, 0.717) is 24.7 Å². The van der Waals surface area contributed by atoms with Crippen molar-refractivity contribution in [2.75, 3.05) is 18.5 Å². The second-order valence-electron chi connectivity index (χ2n) is 5.27. The fourth-order valence-electron chi connectivity index (χ4n) is 2.30. The van der Waals surface area contributed by atoms with Crippen LogP contribution < -0.4 is 20.2 Å². The van der Waals surface area contributed by atoms with Gasteiger partial charge in [-0.05, 0) is 48.1 Å². The van der Waals surface area contributed by atoms with Gasteiger partial charge in [-0.15, -0.1) is 0 Å². The number of rotatable bonds is 3. The van der Waals surface area contributed by atoms with E-state index in [1.165, 1.54) is 24.4 Å². The van der Waals surface area contributed by atoms with Gasteiger partial charge in [0, 0.05) is 0 Å². The topological polar surface area (TPSA) is 54.9 Å². The van der Waals surface area contributed by atoms with Crippen LogP contribution in [0.1, 0.15) is 11.1 Å². The van der Waals surface area contributed by atoms with Crippen LogP contribution in [0.15, 0.2) is 47.6 Å². The molecule has 136 valence electrons. The predicted octanol–water partition coefficient (Wildman–Crippen LogP) is 3.80. The molecule has 1 heterocycles. The van der Waals surface area contributed by atoms with Crippen molar-refractivity contribution >= 4 is 29.2 Å². The van der Waals surface area contributed by atoms with Gasteiger partial charge in [0.05, 0.1) is 17.5 Å². The maximum absolute atomic E-state index is 13.0. The molecule has 26 heavy (non-hydrogen) atoms. The third kappa shape index (κ3) is 4.42. The van der Waals surface area contributed by atoms with Crippen molar-refractivity contribution in [3.63, 3.8) is 0 Å². The molecule has 9 heteroatoms. The lowest BCUT2D eigenvalue weighted by atomic mass is 10.2. The number of hydrogen-bond donors (Lipinski definition) is 2. The van der Waals surface area contributed by atoms with E-state index in [0.717, 1.165) is 11.6 Å². The highest BCUT2D eigenvalue weighted by Crippen LogP contribution is 2.34. The molecule has 0 radical (unpaired) electrons. The fraction of sp³-hybridized carbons (Fsp3) is 0.176. The summed E-state index contributed by atoms with van der Waals surface area (Å²) in [7, 11) is 0. The third-order valence-corrected chi connectivity index (χ3v) is 3.62. The summed E-state index contributed by atoms with van der Waals surface area (Å²) in [5.41, 5.74) is 2.26. The Morgan fingerprint density at radius 1 is 1.08 bits per heavy atom. The normalized spacial score (nSPS) is 13.5. The van der Waals surface area contributed by atoms with Gasteiger partial charge in [-0.3, -0.25) is 5.43 Å². The van der Waals surface area contributed by atoms with E-state index in [1.807, 2.05) is 0 Å². The maximum Gasteiger partial charge on any atom is 0.418 e. The fourth-order valence-corrected chi connectivity index (χ4v) is 2.46. The molecule has 0 amide bonds. The lowest BCUT2D eigenvalue weighted by Gasteiger charge is -2.18. The first-order valence-electron chi connectivity index (χ1n) is 7.59. The van der Waals surface area contributed by atoms with E-state index in [2.05, 4.69) is 15.8 Å². The average molecular weight is 381 g/mol. The molecule has 1 aliphatic rings. The number of para-hydroxylation sites is 1. The SMILES string of the molecule is FC(F)(F)c1ccccc1NC(=S)N/N=C/c1ccc2c(c1)OCCO2. The number of thiocarbonyl (C=S) groups is 1. The molecule has 0 saturated heterocycles. The maximum atomic E-state index is 13.0. The van der Waals surface area contributed by atoms with E-state index < -0.39 is 11.7 Å². The van der Waals surface area contributed by atoms with Crippen molar-refractivity contribution in [3.8, 4) is 11.5 Å². The highest BCUT2D eigenvalue weighted by atomic mass is 32.1. The molecular formula is C17H14F3N3O2S. The van der Waals surface area contributed by atoms with Crippen molar-refractivity contribution in [2.45, 2.75) is 6.18 Å². The Bertz CT molecular complexity index is 840. The van der Waals surface area contributed by atoms with Crippen molar-refractivity contribution in [3.05, 3.63) is 53.6 Å². The zero-order chi connectivity index (χ0) is 18.6. The minimum atomic E-state index is -4.48. The van der Waals surface area contributed by atoms with Crippen LogP contribution in [0.4, 0.5) is 18.9 Å². The zero-order valence-corrected chi connectivity index (χ0v) is 14.2. The van der Waals surface area contributed by atoms with Crippen LogP contribution in [0.25, 0.3) is 0 Å². The first-order chi connectivity index (χ1) is 12.4. The standard InChI is InChI=1S/C17H14F3N3O2S/c18-17(19,20)12-3-1-2-4-13(12)22-16(26)23-21-10-11-5-6-14-15(9-11)25-8-7-24-14/h1-6,9-10H,7-8H2,(H2,22,23,26)/b21-10+. The van der Waals surface area contributed by atoms with Gasteiger partial charge in [0.2, 0.25) is 0 Å². The Labute approximate surface area is 152 Å². The summed E-state index contributed by atoms with van der Waals surface area (Å²) in [5, 5.41) is 6.36. The van der Waals surface area contributed by atoms with Crippen LogP contribution in [0.5, 0.6) is 11.5 Å². The van der Waals surface area contributed by atoms with Crippen LogP contribution in [0.3, 0.4) is 0 Å². The highest BCUT2D eigenvalue weighted by molar-refractivity contribution is 7.80. The van der Waals surface area contributed by atoms with E-state index in [4.69, 9.17) is 21.7 Å². The minimum Gasteiger partial charge on any atom is -0.486 e. The molecule has 0 spiro atoms. The van der Waals surface area contributed by atoms with Crippen molar-refractivity contribution in [2.24, 2.45) is 5.10 Å². The monoisotopic (exact) mass is 381 g/mol. The summed E-state index contributed by atoms with van der Waals surface area (Å²) < 4.78 is 49.7. The Balaban J connectivity index is 1.62. The van der Waals surface area contributed by atoms with Gasteiger partial charge in [-0.25, -0.2) is 0 Å². The second-order valence-corrected chi connectivity index (χ2v) is 5.68. The quantitative estimate of drug-likeness (QED) is 0.481. The second kappa shape index (κ2) is 7.61. The van der Waals surface area contributed by atoms with Crippen LogP contribution >= 0.6 is 12.2 Å². The molecule has 0 unspecified atom stereocenters. The molecule has 0 saturated carbocycles. The zero-order valence-electron chi connectivity index (χ0n) is 13.3. The first-order valence-corrected chi connectivity index (χ1v) is 8.00. The number of hydrazone groups is 1. The summed E-state index contributed by atoms with van der Waals surface area (Å²) >= 11 is 4.98. The number of nitrogens with zero attached hydrogens (tertiary/aromatic N) is 1. The van der Waals surface area contributed by atoms with Gasteiger partial charge in [0.1, 0.15) is 13.2 Å². The molecule has 0 fully saturated rings. The lowest BCUT2D eigenvalue weighted by Crippen LogP contribution is -2.25. The average Bonchev–Trinajstić information content (AvgIpc) is 2.61. The number of fused-ring (bicyclic) bond motifs is 1. The Kier molecular flexibility index (Phi) is 5.27. The van der Waals surface area contributed by atoms with Crippen molar-refractivity contribution in [1.29, 1.82) is 0 Å². The Morgan fingerprint density at radius 2 is 1.81 bits per heavy atom. The molecule has 0 bridgehead atoms. The summed E-state index contributed by atoms with van der Waals surface area (Å²) in [6.45, 7) is 0.972. The van der Waals surface area contributed by atoms with Gasteiger partial charge in [0.25, 0.3) is 0 Å². The van der Waals surface area contributed by atoms with Gasteiger partial charge < -0.3 is 14.8 Å². The molecule has 0 aliphatic carbocycles. The largest absolute Gasteiger partial charge is 0.486 e. The van der Waals surface area contributed by atoms with E-state index >= 15 is 0 Å². The number of hydrogen-bond acceptors (Lipinski definition) is 4. The number of nitrogens with one attached hydrogen (secondary N) is 2. The van der Waals surface area contributed by atoms with Gasteiger partial charge in [0.15, 0.2) is 16.6 Å². The van der Waals surface area contributed by atoms with E-state index in [1.54, 1.807) is 18.2 Å². The summed E-state index contributed by atoms with van der Waals surface area (Å²) in [6, 6.07) is 10.3. The smallest absolute Gasteiger partial charge is 0.418 e. The van der Waals surface area contributed by atoms with E-state index in [9.17, 15) is 13.2 Å². The van der Waals surface area contributed by atoms with Crippen molar-refractivity contribution in [1.82, 2.24) is 5.43 Å². The molecule has 0 atom stereocenters. The first kappa shape index (κ1) is 18.0. The predicted molar refractivity (Wildman–Crippen MR) is 95.8 cm³/mol. The number of halogens is 3. The highest BCUT2D eigenvalue weighted by Gasteiger charge is 2.33. The third-order valence-electron chi connectivity index (χ3n) is 3.43. The van der Waals surface area contributed by atoms with E-state index in [-0.39, 0.29) is 10.8 Å². The summed E-state index contributed by atoms with van der Waals surface area (Å²) in [5.74, 6) is 1.27. The van der Waals surface area contributed by atoms with Crippen LogP contribution in [0, 0.1) is 0 Å². The van der Waals surface area contributed by atoms with Crippen LogP contribution in [0.2, 0.25) is 0 Å². The molecule has 2 aromatic carbocycles. The molecule has 2 N–H and O–H groups in total. The Hall–Kier alpha value is -2.81. The van der Waals surface area contributed by atoms with Crippen molar-refractivity contribution < 1.29 is 22.6 Å². The lowest BCUT2D eigenvalue weighted by molar-refractivity contribution is -0.136. The molecule has 3 rings (SSSR count). The summed E-state index contributed by atoms with van der Waals surface area (Å²) in [6.07, 6.45) is -3.00. The molecular weight excluding hydrogens is 367 g/mol. The number of anilines is 1. The number of ether oxygens (including phenoxy) is 2. The molecule has 1 aliphatic heterocycles. The molecule has 5 nitrogen and oxygen atoms in total. The van der Waals surface area contributed by atoms with Gasteiger partial charge in [-0.2, -0.15) is 18.3 Å². The van der Waals surface area contributed by atoms with Crippen LogP contribution in [-0.4, -0.2) is 24.5 Å². The van der Waals surface area contributed by atoms with Gasteiger partial charge in [-0.1, -0.05) is 12.1 Å². The Morgan fingerprint density at radius 3 is 2.58 bits per heavy atom. The molecule has 2 aromatic rings. The number of alkyl halides is 3. The van der Waals surface area contributed by atoms with Gasteiger partial charge >= 0.3 is 6.18 Å². The number of benzene rings is 2. The summed E-state index contributed by atoms with van der Waals surface area (Å²) in [4.78, 5) is 0. The minimum absolute atomic E-state index is 0.0597.